The van der Waals surface area contributed by atoms with E-state index in [1.807, 2.05) is 22.6 Å². The number of hydrogen-bond acceptors (Lipinski definition) is 2. The first-order valence-corrected chi connectivity index (χ1v) is 4.68. The van der Waals surface area contributed by atoms with E-state index in [4.69, 9.17) is 0 Å². The van der Waals surface area contributed by atoms with E-state index in [-0.39, 0.29) is 5.82 Å². The molecule has 1 rings (SSSR count). The van der Waals surface area contributed by atoms with Gasteiger partial charge in [0.1, 0.15) is 5.82 Å². The molecule has 13 heavy (non-hydrogen) atoms. The van der Waals surface area contributed by atoms with Gasteiger partial charge >= 0.3 is 5.97 Å². The van der Waals surface area contributed by atoms with Crippen molar-refractivity contribution in [2.75, 3.05) is 7.11 Å². The minimum atomic E-state index is -0.435. The van der Waals surface area contributed by atoms with Crippen LogP contribution in [0.4, 0.5) is 4.39 Å². The summed E-state index contributed by atoms with van der Waals surface area (Å²) in [6.45, 7) is 1.67. The minimum absolute atomic E-state index is 0.314. The number of carbonyl (C=O) groups excluding carboxylic acids is 1. The van der Waals surface area contributed by atoms with Gasteiger partial charge < -0.3 is 4.74 Å². The Labute approximate surface area is 89.2 Å². The summed E-state index contributed by atoms with van der Waals surface area (Å²) in [7, 11) is 1.30. The second kappa shape index (κ2) is 4.04. The van der Waals surface area contributed by atoms with Crippen LogP contribution < -0.4 is 0 Å². The summed E-state index contributed by atoms with van der Waals surface area (Å²) < 4.78 is 17.9. The van der Waals surface area contributed by atoms with Gasteiger partial charge in [-0.1, -0.05) is 0 Å². The number of aryl methyl sites for hydroxylation is 1. The number of ether oxygens (including phenoxy) is 1. The maximum Gasteiger partial charge on any atom is 0.338 e. The predicted molar refractivity (Wildman–Crippen MR) is 55.2 cm³/mol. The fourth-order valence-electron chi connectivity index (χ4n) is 0.976. The molecule has 0 fully saturated rings. The third-order valence-electron chi connectivity index (χ3n) is 1.67. The van der Waals surface area contributed by atoms with Crippen LogP contribution in [0.25, 0.3) is 0 Å². The van der Waals surface area contributed by atoms with Crippen LogP contribution in [0.3, 0.4) is 0 Å². The molecule has 2 nitrogen and oxygen atoms in total. The Hall–Kier alpha value is -0.650. The summed E-state index contributed by atoms with van der Waals surface area (Å²) >= 11 is 1.83. The van der Waals surface area contributed by atoms with Gasteiger partial charge in [0.2, 0.25) is 0 Å². The van der Waals surface area contributed by atoms with Gasteiger partial charge in [0, 0.05) is 3.57 Å². The van der Waals surface area contributed by atoms with E-state index in [9.17, 15) is 9.18 Å². The van der Waals surface area contributed by atoms with Crippen LogP contribution in [-0.2, 0) is 4.74 Å². The number of methoxy groups -OCH3 is 1. The maximum atomic E-state index is 13.0. The highest BCUT2D eigenvalue weighted by atomic mass is 127. The van der Waals surface area contributed by atoms with Crippen molar-refractivity contribution in [1.82, 2.24) is 0 Å². The van der Waals surface area contributed by atoms with Crippen LogP contribution in [0.15, 0.2) is 12.1 Å². The largest absolute Gasteiger partial charge is 0.465 e. The minimum Gasteiger partial charge on any atom is -0.465 e. The second-order valence-electron chi connectivity index (χ2n) is 2.57. The van der Waals surface area contributed by atoms with Gasteiger partial charge in [0.15, 0.2) is 0 Å². The Morgan fingerprint density at radius 2 is 2.15 bits per heavy atom. The van der Waals surface area contributed by atoms with Crippen molar-refractivity contribution in [3.63, 3.8) is 0 Å². The summed E-state index contributed by atoms with van der Waals surface area (Å²) in [5, 5.41) is 0. The molecule has 1 aromatic carbocycles. The van der Waals surface area contributed by atoms with Gasteiger partial charge in [-0.3, -0.25) is 0 Å². The van der Waals surface area contributed by atoms with E-state index in [1.165, 1.54) is 19.2 Å². The Morgan fingerprint density at radius 1 is 1.54 bits per heavy atom. The molecule has 4 heteroatoms. The molecule has 0 saturated carbocycles. The van der Waals surface area contributed by atoms with Gasteiger partial charge in [-0.15, -0.1) is 0 Å². The molecular formula is C9H8FIO2. The molecule has 0 atom stereocenters. The zero-order valence-electron chi connectivity index (χ0n) is 7.23. The van der Waals surface area contributed by atoms with Crippen LogP contribution in [-0.4, -0.2) is 13.1 Å². The fourth-order valence-corrected chi connectivity index (χ4v) is 1.44. The predicted octanol–water partition coefficient (Wildman–Crippen LogP) is 2.53. The lowest BCUT2D eigenvalue weighted by atomic mass is 10.1. The smallest absolute Gasteiger partial charge is 0.338 e. The van der Waals surface area contributed by atoms with Crippen LogP contribution in [0.1, 0.15) is 15.9 Å². The fraction of sp³-hybridized carbons (Fsp3) is 0.222. The number of benzene rings is 1. The average Bonchev–Trinajstić information content (AvgIpc) is 2.10. The molecule has 0 unspecified atom stereocenters. The molecule has 70 valence electrons. The number of hydrogen-bond donors (Lipinski definition) is 0. The monoisotopic (exact) mass is 294 g/mol. The molecule has 0 amide bonds. The zero-order valence-corrected chi connectivity index (χ0v) is 9.38. The van der Waals surface area contributed by atoms with Gasteiger partial charge in [-0.25, -0.2) is 9.18 Å². The van der Waals surface area contributed by atoms with Gasteiger partial charge in [-0.05, 0) is 47.2 Å². The lowest BCUT2D eigenvalue weighted by Gasteiger charge is -2.04. The Bertz CT molecular complexity index is 350. The van der Waals surface area contributed by atoms with Gasteiger partial charge in [0.05, 0.1) is 12.7 Å². The molecule has 0 spiro atoms. The molecular weight excluding hydrogens is 286 g/mol. The average molecular weight is 294 g/mol. The first-order valence-electron chi connectivity index (χ1n) is 3.60. The van der Waals surface area contributed by atoms with Crippen molar-refractivity contribution < 1.29 is 13.9 Å². The van der Waals surface area contributed by atoms with E-state index >= 15 is 0 Å². The molecule has 1 aromatic rings. The van der Waals surface area contributed by atoms with Crippen LogP contribution in [0.5, 0.6) is 0 Å². The van der Waals surface area contributed by atoms with E-state index in [0.29, 0.717) is 14.7 Å². The van der Waals surface area contributed by atoms with E-state index in [2.05, 4.69) is 4.74 Å². The van der Waals surface area contributed by atoms with E-state index in [0.717, 1.165) is 0 Å². The van der Waals surface area contributed by atoms with Crippen molar-refractivity contribution in [2.24, 2.45) is 0 Å². The van der Waals surface area contributed by atoms with E-state index < -0.39 is 5.97 Å². The highest BCUT2D eigenvalue weighted by molar-refractivity contribution is 14.1. The van der Waals surface area contributed by atoms with Crippen LogP contribution in [0, 0.1) is 16.3 Å². The number of carbonyl (C=O) groups is 1. The van der Waals surface area contributed by atoms with Crippen LogP contribution in [0.2, 0.25) is 0 Å². The lowest BCUT2D eigenvalue weighted by molar-refractivity contribution is 0.0600. The number of esters is 1. The SMILES string of the molecule is COC(=O)c1cc(I)c(F)cc1C. The summed E-state index contributed by atoms with van der Waals surface area (Å²) in [6, 6.07) is 2.81. The summed E-state index contributed by atoms with van der Waals surface area (Å²) in [6.07, 6.45) is 0. The van der Waals surface area contributed by atoms with E-state index in [1.54, 1.807) is 6.92 Å². The van der Waals surface area contributed by atoms with Gasteiger partial charge in [-0.2, -0.15) is 0 Å². The normalized spacial score (nSPS) is 9.85. The maximum absolute atomic E-state index is 13.0. The molecule has 0 aliphatic carbocycles. The number of rotatable bonds is 1. The standard InChI is InChI=1S/C9H8FIO2/c1-5-3-7(10)8(11)4-6(5)9(12)13-2/h3-4H,1-2H3. The highest BCUT2D eigenvalue weighted by Gasteiger charge is 2.11. The highest BCUT2D eigenvalue weighted by Crippen LogP contribution is 2.17. The summed E-state index contributed by atoms with van der Waals surface area (Å²) in [5.74, 6) is -0.749. The first kappa shape index (κ1) is 10.4. The second-order valence-corrected chi connectivity index (χ2v) is 3.74. The summed E-state index contributed by atoms with van der Waals surface area (Å²) in [5.41, 5.74) is 0.998. The molecule has 0 aromatic heterocycles. The number of halogens is 2. The molecule has 0 saturated heterocycles. The zero-order chi connectivity index (χ0) is 10.0. The first-order chi connectivity index (χ1) is 6.06. The molecule has 0 aliphatic heterocycles. The third kappa shape index (κ3) is 2.18. The Balaban J connectivity index is 3.23. The summed E-state index contributed by atoms with van der Waals surface area (Å²) in [4.78, 5) is 11.1. The Kier molecular flexibility index (Phi) is 3.24. The molecule has 0 aliphatic rings. The van der Waals surface area contributed by atoms with Crippen molar-refractivity contribution in [2.45, 2.75) is 6.92 Å². The van der Waals surface area contributed by atoms with Crippen molar-refractivity contribution in [3.8, 4) is 0 Å². The van der Waals surface area contributed by atoms with Gasteiger partial charge in [0.25, 0.3) is 0 Å². The lowest BCUT2D eigenvalue weighted by Crippen LogP contribution is -2.05. The van der Waals surface area contributed by atoms with Crippen LogP contribution >= 0.6 is 22.6 Å². The molecule has 0 radical (unpaired) electrons. The molecule has 0 heterocycles. The third-order valence-corrected chi connectivity index (χ3v) is 2.50. The van der Waals surface area contributed by atoms with Crippen molar-refractivity contribution in [1.29, 1.82) is 0 Å². The molecule has 0 bridgehead atoms. The molecule has 0 N–H and O–H groups in total. The van der Waals surface area contributed by atoms with Crippen molar-refractivity contribution >= 4 is 28.6 Å². The topological polar surface area (TPSA) is 26.3 Å². The quantitative estimate of drug-likeness (QED) is 0.587. The van der Waals surface area contributed by atoms with Crippen molar-refractivity contribution in [3.05, 3.63) is 32.6 Å². The Morgan fingerprint density at radius 3 is 2.69 bits per heavy atom.